The van der Waals surface area contributed by atoms with E-state index in [1.165, 1.54) is 6.42 Å². The number of carbonyl (C=O) groups excluding carboxylic acids is 1. The SMILES string of the molecule is Cc1ccc(S(=O)(=O)NCC(=O)N(c2ccccn2)C2CCCCC2)cc1. The van der Waals surface area contributed by atoms with Gasteiger partial charge in [0.05, 0.1) is 11.4 Å². The number of nitrogens with one attached hydrogen (secondary N) is 1. The van der Waals surface area contributed by atoms with Crippen LogP contribution in [0.15, 0.2) is 53.6 Å². The molecule has 0 aliphatic heterocycles. The van der Waals surface area contributed by atoms with Crippen LogP contribution in [-0.2, 0) is 14.8 Å². The number of hydrogen-bond donors (Lipinski definition) is 1. The minimum Gasteiger partial charge on any atom is -0.293 e. The summed E-state index contributed by atoms with van der Waals surface area (Å²) in [7, 11) is -3.74. The van der Waals surface area contributed by atoms with Crippen LogP contribution in [0.3, 0.4) is 0 Å². The summed E-state index contributed by atoms with van der Waals surface area (Å²) in [5.41, 5.74) is 0.976. The molecule has 1 saturated carbocycles. The van der Waals surface area contributed by atoms with Crippen LogP contribution in [0, 0.1) is 6.92 Å². The number of sulfonamides is 1. The molecule has 1 aromatic carbocycles. The highest BCUT2D eigenvalue weighted by atomic mass is 32.2. The fourth-order valence-corrected chi connectivity index (χ4v) is 4.37. The Hall–Kier alpha value is -2.25. The van der Waals surface area contributed by atoms with Crippen molar-refractivity contribution in [2.75, 3.05) is 11.4 Å². The number of rotatable bonds is 6. The van der Waals surface area contributed by atoms with Gasteiger partial charge in [0.15, 0.2) is 0 Å². The Labute approximate surface area is 160 Å². The Morgan fingerprint density at radius 3 is 2.44 bits per heavy atom. The second kappa shape index (κ2) is 8.63. The van der Waals surface area contributed by atoms with E-state index in [1.807, 2.05) is 13.0 Å². The Balaban J connectivity index is 1.75. The van der Waals surface area contributed by atoms with Gasteiger partial charge in [-0.2, -0.15) is 0 Å². The van der Waals surface area contributed by atoms with Crippen LogP contribution in [0.5, 0.6) is 0 Å². The zero-order valence-electron chi connectivity index (χ0n) is 15.5. The first-order chi connectivity index (χ1) is 13.0. The molecule has 1 N–H and O–H groups in total. The summed E-state index contributed by atoms with van der Waals surface area (Å²) in [6.07, 6.45) is 6.77. The molecule has 7 heteroatoms. The molecule has 0 saturated heterocycles. The van der Waals surface area contributed by atoms with Crippen molar-refractivity contribution in [2.45, 2.75) is 50.0 Å². The Bertz CT molecular complexity index is 861. The average molecular weight is 388 g/mol. The van der Waals surface area contributed by atoms with Crippen molar-refractivity contribution in [2.24, 2.45) is 0 Å². The van der Waals surface area contributed by atoms with Gasteiger partial charge in [-0.25, -0.2) is 18.1 Å². The highest BCUT2D eigenvalue weighted by Crippen LogP contribution is 2.26. The van der Waals surface area contributed by atoms with Crippen LogP contribution in [-0.4, -0.2) is 31.9 Å². The van der Waals surface area contributed by atoms with E-state index in [-0.39, 0.29) is 23.4 Å². The van der Waals surface area contributed by atoms with Crippen molar-refractivity contribution in [3.05, 3.63) is 54.2 Å². The Kier molecular flexibility index (Phi) is 6.23. The summed E-state index contributed by atoms with van der Waals surface area (Å²) in [5.74, 6) is 0.292. The first-order valence-electron chi connectivity index (χ1n) is 9.27. The normalized spacial score (nSPS) is 15.4. The number of aromatic nitrogens is 1. The number of hydrogen-bond acceptors (Lipinski definition) is 4. The molecule has 2 aromatic rings. The van der Waals surface area contributed by atoms with Gasteiger partial charge in [-0.05, 0) is 44.0 Å². The summed E-state index contributed by atoms with van der Waals surface area (Å²) in [6, 6.07) is 12.0. The number of aryl methyl sites for hydroxylation is 1. The maximum Gasteiger partial charge on any atom is 0.243 e. The maximum absolute atomic E-state index is 12.9. The minimum absolute atomic E-state index is 0.0602. The largest absolute Gasteiger partial charge is 0.293 e. The lowest BCUT2D eigenvalue weighted by Gasteiger charge is -2.33. The predicted molar refractivity (Wildman–Crippen MR) is 105 cm³/mol. The van der Waals surface area contributed by atoms with E-state index in [1.54, 1.807) is 47.5 Å². The molecule has 1 heterocycles. The van der Waals surface area contributed by atoms with Gasteiger partial charge in [-0.15, -0.1) is 0 Å². The molecule has 1 amide bonds. The van der Waals surface area contributed by atoms with E-state index in [4.69, 9.17) is 0 Å². The van der Waals surface area contributed by atoms with Gasteiger partial charge in [0.2, 0.25) is 15.9 Å². The fraction of sp³-hybridized carbons (Fsp3) is 0.400. The van der Waals surface area contributed by atoms with Gasteiger partial charge in [0.25, 0.3) is 0 Å². The smallest absolute Gasteiger partial charge is 0.243 e. The van der Waals surface area contributed by atoms with Crippen molar-refractivity contribution < 1.29 is 13.2 Å². The molecule has 0 unspecified atom stereocenters. The third kappa shape index (κ3) is 4.93. The van der Waals surface area contributed by atoms with Gasteiger partial charge in [-0.3, -0.25) is 9.69 Å². The van der Waals surface area contributed by atoms with Crippen LogP contribution >= 0.6 is 0 Å². The third-order valence-corrected chi connectivity index (χ3v) is 6.27. The van der Waals surface area contributed by atoms with Crippen molar-refractivity contribution >= 4 is 21.7 Å². The van der Waals surface area contributed by atoms with Crippen molar-refractivity contribution in [3.8, 4) is 0 Å². The molecule has 3 rings (SSSR count). The number of amides is 1. The van der Waals surface area contributed by atoms with E-state index in [2.05, 4.69) is 9.71 Å². The lowest BCUT2D eigenvalue weighted by atomic mass is 9.94. The molecule has 144 valence electrons. The zero-order valence-corrected chi connectivity index (χ0v) is 16.3. The topological polar surface area (TPSA) is 79.4 Å². The lowest BCUT2D eigenvalue weighted by molar-refractivity contribution is -0.118. The van der Waals surface area contributed by atoms with E-state index >= 15 is 0 Å². The van der Waals surface area contributed by atoms with E-state index in [9.17, 15) is 13.2 Å². The van der Waals surface area contributed by atoms with Gasteiger partial charge < -0.3 is 0 Å². The number of carbonyl (C=O) groups is 1. The number of anilines is 1. The number of benzene rings is 1. The van der Waals surface area contributed by atoms with Gasteiger partial charge in [-0.1, -0.05) is 43.0 Å². The van der Waals surface area contributed by atoms with Gasteiger partial charge in [0.1, 0.15) is 5.82 Å². The molecule has 1 aliphatic carbocycles. The molecule has 0 radical (unpaired) electrons. The molecule has 1 fully saturated rings. The summed E-state index contributed by atoms with van der Waals surface area (Å²) in [5, 5.41) is 0. The lowest BCUT2D eigenvalue weighted by Crippen LogP contribution is -2.47. The molecule has 0 bridgehead atoms. The number of nitrogens with zero attached hydrogens (tertiary/aromatic N) is 2. The summed E-state index contributed by atoms with van der Waals surface area (Å²) in [4.78, 5) is 19.1. The molecule has 1 aliphatic rings. The highest BCUT2D eigenvalue weighted by molar-refractivity contribution is 7.89. The second-order valence-corrected chi connectivity index (χ2v) is 8.65. The van der Waals surface area contributed by atoms with Crippen LogP contribution < -0.4 is 9.62 Å². The first kappa shape index (κ1) is 19.5. The minimum atomic E-state index is -3.74. The summed E-state index contributed by atoms with van der Waals surface area (Å²) in [6.45, 7) is 1.60. The monoisotopic (exact) mass is 387 g/mol. The summed E-state index contributed by atoms with van der Waals surface area (Å²) >= 11 is 0. The molecule has 0 atom stereocenters. The average Bonchev–Trinajstić information content (AvgIpc) is 2.69. The first-order valence-corrected chi connectivity index (χ1v) is 10.7. The molecule has 1 aromatic heterocycles. The van der Waals surface area contributed by atoms with Crippen LogP contribution in [0.1, 0.15) is 37.7 Å². The van der Waals surface area contributed by atoms with Crippen LogP contribution in [0.25, 0.3) is 0 Å². The van der Waals surface area contributed by atoms with E-state index in [0.29, 0.717) is 5.82 Å². The Morgan fingerprint density at radius 2 is 1.81 bits per heavy atom. The van der Waals surface area contributed by atoms with Crippen LogP contribution in [0.4, 0.5) is 5.82 Å². The van der Waals surface area contributed by atoms with Gasteiger partial charge in [0, 0.05) is 12.2 Å². The quantitative estimate of drug-likeness (QED) is 0.826. The molecular weight excluding hydrogens is 362 g/mol. The standard InChI is InChI=1S/C20H25N3O3S/c1-16-10-12-18(13-11-16)27(25,26)22-15-20(24)23(17-7-3-2-4-8-17)19-9-5-6-14-21-19/h5-6,9-14,17,22H,2-4,7-8,15H2,1H3. The van der Waals surface area contributed by atoms with Gasteiger partial charge >= 0.3 is 0 Å². The third-order valence-electron chi connectivity index (χ3n) is 4.85. The second-order valence-electron chi connectivity index (χ2n) is 6.88. The molecule has 6 nitrogen and oxygen atoms in total. The molecular formula is C20H25N3O3S. The zero-order chi connectivity index (χ0) is 19.3. The fourth-order valence-electron chi connectivity index (χ4n) is 3.40. The predicted octanol–water partition coefficient (Wildman–Crippen LogP) is 3.03. The summed E-state index contributed by atoms with van der Waals surface area (Å²) < 4.78 is 27.4. The van der Waals surface area contributed by atoms with Crippen molar-refractivity contribution in [1.29, 1.82) is 0 Å². The number of pyridine rings is 1. The van der Waals surface area contributed by atoms with Crippen LogP contribution in [0.2, 0.25) is 0 Å². The van der Waals surface area contributed by atoms with E-state index < -0.39 is 10.0 Å². The highest BCUT2D eigenvalue weighted by Gasteiger charge is 2.28. The van der Waals surface area contributed by atoms with E-state index in [0.717, 1.165) is 31.2 Å². The Morgan fingerprint density at radius 1 is 1.11 bits per heavy atom. The maximum atomic E-state index is 12.9. The molecule has 0 spiro atoms. The van der Waals surface area contributed by atoms with Crippen molar-refractivity contribution in [3.63, 3.8) is 0 Å². The molecule has 27 heavy (non-hydrogen) atoms. The van der Waals surface area contributed by atoms with Crippen molar-refractivity contribution in [1.82, 2.24) is 9.71 Å².